The first-order valence-electron chi connectivity index (χ1n) is 6.46. The molecule has 0 unspecified atom stereocenters. The van der Waals surface area contributed by atoms with Gasteiger partial charge in [0, 0.05) is 11.6 Å². The van der Waals surface area contributed by atoms with Crippen molar-refractivity contribution in [1.82, 2.24) is 5.32 Å². The monoisotopic (exact) mass is 269 g/mol. The Morgan fingerprint density at radius 1 is 1.30 bits per heavy atom. The number of hydrogen-bond acceptors (Lipinski definition) is 3. The Morgan fingerprint density at radius 3 is 2.60 bits per heavy atom. The highest BCUT2D eigenvalue weighted by Crippen LogP contribution is 2.11. The van der Waals surface area contributed by atoms with Crippen molar-refractivity contribution in [2.45, 2.75) is 19.9 Å². The lowest BCUT2D eigenvalue weighted by atomic mass is 10.1. The molecule has 0 aromatic heterocycles. The lowest BCUT2D eigenvalue weighted by molar-refractivity contribution is -0.120. The molecule has 0 aliphatic heterocycles. The van der Waals surface area contributed by atoms with Gasteiger partial charge in [0.1, 0.15) is 13.2 Å². The van der Waals surface area contributed by atoms with E-state index in [4.69, 9.17) is 4.74 Å². The van der Waals surface area contributed by atoms with Crippen LogP contribution in [-0.2, 0) is 9.53 Å². The highest BCUT2D eigenvalue weighted by atomic mass is 16.5. The fourth-order valence-corrected chi connectivity index (χ4v) is 1.45. The van der Waals surface area contributed by atoms with Gasteiger partial charge < -0.3 is 10.1 Å². The number of carbonyl (C=O) groups excluding carboxylic acids is 1. The van der Waals surface area contributed by atoms with Crippen LogP contribution in [0.1, 0.15) is 31.0 Å². The molecule has 1 aromatic rings. The van der Waals surface area contributed by atoms with Gasteiger partial charge in [0.2, 0.25) is 0 Å². The molecule has 0 aliphatic carbocycles. The molecule has 0 saturated heterocycles. The van der Waals surface area contributed by atoms with E-state index in [1.54, 1.807) is 0 Å². The SMILES string of the molecule is CN[C@H](C)c1ccc(C#CC#CCOCC(C)=O)cc1. The smallest absolute Gasteiger partial charge is 0.155 e. The van der Waals surface area contributed by atoms with Gasteiger partial charge in [-0.3, -0.25) is 4.79 Å². The van der Waals surface area contributed by atoms with Crippen LogP contribution < -0.4 is 5.32 Å². The van der Waals surface area contributed by atoms with Crippen molar-refractivity contribution < 1.29 is 9.53 Å². The van der Waals surface area contributed by atoms with E-state index < -0.39 is 0 Å². The molecular weight excluding hydrogens is 250 g/mol. The summed E-state index contributed by atoms with van der Waals surface area (Å²) in [5.74, 6) is 11.2. The summed E-state index contributed by atoms with van der Waals surface area (Å²) in [7, 11) is 1.93. The summed E-state index contributed by atoms with van der Waals surface area (Å²) >= 11 is 0. The summed E-state index contributed by atoms with van der Waals surface area (Å²) in [6.07, 6.45) is 0. The van der Waals surface area contributed by atoms with Crippen LogP contribution in [0.25, 0.3) is 0 Å². The Morgan fingerprint density at radius 2 is 2.00 bits per heavy atom. The average molecular weight is 269 g/mol. The number of Topliss-reactive ketones (excluding diaryl/α,β-unsaturated/α-hetero) is 1. The average Bonchev–Trinajstić information content (AvgIpc) is 2.45. The van der Waals surface area contributed by atoms with E-state index in [2.05, 4.69) is 48.1 Å². The van der Waals surface area contributed by atoms with E-state index in [0.29, 0.717) is 6.04 Å². The molecule has 0 aliphatic rings. The van der Waals surface area contributed by atoms with Gasteiger partial charge in [-0.25, -0.2) is 0 Å². The predicted octanol–water partition coefficient (Wildman–Crippen LogP) is 1.93. The summed E-state index contributed by atoms with van der Waals surface area (Å²) < 4.78 is 5.00. The van der Waals surface area contributed by atoms with E-state index in [9.17, 15) is 4.79 Å². The van der Waals surface area contributed by atoms with Gasteiger partial charge in [0.05, 0.1) is 0 Å². The molecule has 3 nitrogen and oxygen atoms in total. The van der Waals surface area contributed by atoms with E-state index in [1.807, 2.05) is 19.2 Å². The molecule has 0 spiro atoms. The number of nitrogens with one attached hydrogen (secondary N) is 1. The molecule has 0 heterocycles. The first kappa shape index (κ1) is 16.0. The van der Waals surface area contributed by atoms with Gasteiger partial charge in [-0.15, -0.1) is 0 Å². The van der Waals surface area contributed by atoms with Crippen molar-refractivity contribution in [3.05, 3.63) is 35.4 Å². The highest BCUT2D eigenvalue weighted by molar-refractivity contribution is 5.76. The lowest BCUT2D eigenvalue weighted by Crippen LogP contribution is -2.11. The Balaban J connectivity index is 2.47. The van der Waals surface area contributed by atoms with Crippen LogP contribution in [0.15, 0.2) is 24.3 Å². The van der Waals surface area contributed by atoms with Crippen LogP contribution in [0, 0.1) is 23.7 Å². The molecule has 0 saturated carbocycles. The van der Waals surface area contributed by atoms with Gasteiger partial charge in [-0.05, 0) is 50.4 Å². The Labute approximate surface area is 120 Å². The highest BCUT2D eigenvalue weighted by Gasteiger charge is 2.00. The molecule has 3 heteroatoms. The first-order valence-corrected chi connectivity index (χ1v) is 6.46. The van der Waals surface area contributed by atoms with E-state index in [-0.39, 0.29) is 19.0 Å². The van der Waals surface area contributed by atoms with Crippen LogP contribution in [0.3, 0.4) is 0 Å². The zero-order valence-electron chi connectivity index (χ0n) is 12.1. The molecule has 1 aromatic carbocycles. The third-order valence-corrected chi connectivity index (χ3v) is 2.68. The summed E-state index contributed by atoms with van der Waals surface area (Å²) in [6, 6.07) is 8.38. The molecule has 104 valence electrons. The second-order valence-corrected chi connectivity index (χ2v) is 4.38. The van der Waals surface area contributed by atoms with Crippen LogP contribution in [0.4, 0.5) is 0 Å². The topological polar surface area (TPSA) is 38.3 Å². The van der Waals surface area contributed by atoms with Crippen molar-refractivity contribution in [3.63, 3.8) is 0 Å². The minimum absolute atomic E-state index is 0.00577. The number of rotatable bonds is 5. The molecule has 0 amide bonds. The maximum Gasteiger partial charge on any atom is 0.155 e. The summed E-state index contributed by atoms with van der Waals surface area (Å²) in [6.45, 7) is 3.92. The van der Waals surface area contributed by atoms with Crippen molar-refractivity contribution in [2.75, 3.05) is 20.3 Å². The molecule has 0 radical (unpaired) electrons. The predicted molar refractivity (Wildman–Crippen MR) is 80.1 cm³/mol. The van der Waals surface area contributed by atoms with Crippen molar-refractivity contribution in [2.24, 2.45) is 0 Å². The standard InChI is InChI=1S/C17H19NO2/c1-14(19)13-20-12-6-4-5-7-16-8-10-17(11-9-16)15(2)18-3/h8-11,15,18H,12-13H2,1-3H3/t15-/m1/s1. The third kappa shape index (κ3) is 6.20. The molecule has 1 rings (SSSR count). The van der Waals surface area contributed by atoms with Gasteiger partial charge in [0.25, 0.3) is 0 Å². The fraction of sp³-hybridized carbons (Fsp3) is 0.353. The van der Waals surface area contributed by atoms with Crippen molar-refractivity contribution in [3.8, 4) is 23.7 Å². The maximum atomic E-state index is 10.6. The Bertz CT molecular complexity index is 553. The van der Waals surface area contributed by atoms with Crippen LogP contribution in [0.5, 0.6) is 0 Å². The third-order valence-electron chi connectivity index (χ3n) is 2.68. The van der Waals surface area contributed by atoms with Crippen molar-refractivity contribution in [1.29, 1.82) is 0 Å². The van der Waals surface area contributed by atoms with Crippen LogP contribution >= 0.6 is 0 Å². The fourth-order valence-electron chi connectivity index (χ4n) is 1.45. The molecule has 1 atom stereocenters. The van der Waals surface area contributed by atoms with Gasteiger partial charge in [-0.2, -0.15) is 0 Å². The van der Waals surface area contributed by atoms with E-state index >= 15 is 0 Å². The number of hydrogen-bond donors (Lipinski definition) is 1. The molecular formula is C17H19NO2. The Kier molecular flexibility index (Phi) is 7.14. The minimum Gasteiger partial charge on any atom is -0.361 e. The zero-order chi connectivity index (χ0) is 14.8. The molecule has 1 N–H and O–H groups in total. The molecule has 20 heavy (non-hydrogen) atoms. The van der Waals surface area contributed by atoms with Gasteiger partial charge >= 0.3 is 0 Å². The quantitative estimate of drug-likeness (QED) is 0.655. The first-order chi connectivity index (χ1) is 9.63. The molecule has 0 bridgehead atoms. The van der Waals surface area contributed by atoms with Crippen LogP contribution in [0.2, 0.25) is 0 Å². The number of ketones is 1. The normalized spacial score (nSPS) is 10.8. The second-order valence-electron chi connectivity index (χ2n) is 4.38. The van der Waals surface area contributed by atoms with E-state index in [0.717, 1.165) is 5.56 Å². The number of ether oxygens (including phenoxy) is 1. The largest absolute Gasteiger partial charge is 0.361 e. The van der Waals surface area contributed by atoms with Gasteiger partial charge in [-0.1, -0.05) is 24.0 Å². The van der Waals surface area contributed by atoms with Crippen molar-refractivity contribution >= 4 is 5.78 Å². The van der Waals surface area contributed by atoms with E-state index in [1.165, 1.54) is 12.5 Å². The maximum absolute atomic E-state index is 10.6. The van der Waals surface area contributed by atoms with Crippen LogP contribution in [-0.4, -0.2) is 26.0 Å². The lowest BCUT2D eigenvalue weighted by Gasteiger charge is -2.09. The summed E-state index contributed by atoms with van der Waals surface area (Å²) in [5.41, 5.74) is 2.15. The Hall–Kier alpha value is -2.07. The second kappa shape index (κ2) is 8.93. The summed E-state index contributed by atoms with van der Waals surface area (Å²) in [4.78, 5) is 10.6. The number of benzene rings is 1. The summed E-state index contributed by atoms with van der Waals surface area (Å²) in [5, 5.41) is 3.18. The minimum atomic E-state index is -0.00577. The zero-order valence-corrected chi connectivity index (χ0v) is 12.1. The number of carbonyl (C=O) groups is 1. The molecule has 0 fully saturated rings. The van der Waals surface area contributed by atoms with Gasteiger partial charge in [0.15, 0.2) is 5.78 Å².